The van der Waals surface area contributed by atoms with Crippen LogP contribution in [0.25, 0.3) is 0 Å². The molecule has 2 amide bonds. The largest absolute Gasteiger partial charge is 0.342 e. The topological polar surface area (TPSA) is 49.4 Å². The summed E-state index contributed by atoms with van der Waals surface area (Å²) in [6, 6.07) is 7.95. The molecule has 2 fully saturated rings. The number of likely N-dealkylation sites (tertiary alicyclic amines) is 1. The van der Waals surface area contributed by atoms with Gasteiger partial charge in [-0.05, 0) is 54.7 Å². The number of benzene rings is 1. The second kappa shape index (κ2) is 6.47. The predicted molar refractivity (Wildman–Crippen MR) is 100 cm³/mol. The van der Waals surface area contributed by atoms with Gasteiger partial charge in [0.05, 0.1) is 0 Å². The van der Waals surface area contributed by atoms with Gasteiger partial charge in [-0.3, -0.25) is 9.59 Å². The minimum absolute atomic E-state index is 0.0308. The number of anilines is 1. The van der Waals surface area contributed by atoms with Crippen molar-refractivity contribution in [2.24, 2.45) is 11.3 Å². The third kappa shape index (κ3) is 3.73. The molecule has 2 aliphatic rings. The molecule has 1 aromatic carbocycles. The molecule has 4 nitrogen and oxygen atoms in total. The highest BCUT2D eigenvalue weighted by Crippen LogP contribution is 2.48. The maximum Gasteiger partial charge on any atom is 0.240 e. The highest BCUT2D eigenvalue weighted by molar-refractivity contribution is 6.13. The van der Waals surface area contributed by atoms with E-state index in [1.165, 1.54) is 5.56 Å². The molecule has 1 heterocycles. The standard InChI is InChI=1S/C21H30N2O2/c1-15-9-13-23(14-10-15)19(25)21(11-12-21)18(24)22-17-7-5-16(6-8-17)20(2,3)4/h5-8,15H,9-14H2,1-4H3,(H,22,24). The van der Waals surface area contributed by atoms with Crippen LogP contribution in [0.2, 0.25) is 0 Å². The second-order valence-electron chi connectivity index (χ2n) is 8.84. The van der Waals surface area contributed by atoms with Crippen molar-refractivity contribution in [1.82, 2.24) is 4.90 Å². The van der Waals surface area contributed by atoms with E-state index in [4.69, 9.17) is 0 Å². The van der Waals surface area contributed by atoms with Crippen molar-refractivity contribution in [2.75, 3.05) is 18.4 Å². The second-order valence-corrected chi connectivity index (χ2v) is 8.84. The third-order valence-electron chi connectivity index (χ3n) is 5.67. The number of hydrogen-bond acceptors (Lipinski definition) is 2. The molecular weight excluding hydrogens is 312 g/mol. The van der Waals surface area contributed by atoms with E-state index in [0.717, 1.165) is 31.6 Å². The number of carbonyl (C=O) groups excluding carboxylic acids is 2. The van der Waals surface area contributed by atoms with Crippen molar-refractivity contribution in [1.29, 1.82) is 0 Å². The summed E-state index contributed by atoms with van der Waals surface area (Å²) in [6.07, 6.45) is 3.42. The molecule has 136 valence electrons. The monoisotopic (exact) mass is 342 g/mol. The molecule has 25 heavy (non-hydrogen) atoms. The van der Waals surface area contributed by atoms with Crippen molar-refractivity contribution < 1.29 is 9.59 Å². The van der Waals surface area contributed by atoms with E-state index in [1.807, 2.05) is 29.2 Å². The van der Waals surface area contributed by atoms with Crippen LogP contribution in [-0.2, 0) is 15.0 Å². The number of hydrogen-bond donors (Lipinski definition) is 1. The van der Waals surface area contributed by atoms with Gasteiger partial charge in [-0.1, -0.05) is 39.8 Å². The van der Waals surface area contributed by atoms with Gasteiger partial charge >= 0.3 is 0 Å². The average Bonchev–Trinajstić information content (AvgIpc) is 3.36. The minimum Gasteiger partial charge on any atom is -0.342 e. The molecule has 0 aromatic heterocycles. The number of piperidine rings is 1. The van der Waals surface area contributed by atoms with Crippen molar-refractivity contribution >= 4 is 17.5 Å². The molecule has 4 heteroatoms. The first-order chi connectivity index (χ1) is 11.7. The normalized spacial score (nSPS) is 20.2. The maximum absolute atomic E-state index is 12.9. The first-order valence-electron chi connectivity index (χ1n) is 9.44. The van der Waals surface area contributed by atoms with E-state index in [1.54, 1.807) is 0 Å². The first kappa shape index (κ1) is 18.0. The molecule has 3 rings (SSSR count). The van der Waals surface area contributed by atoms with Gasteiger partial charge in [0, 0.05) is 18.8 Å². The zero-order valence-corrected chi connectivity index (χ0v) is 15.9. The smallest absolute Gasteiger partial charge is 0.240 e. The molecule has 1 saturated carbocycles. The maximum atomic E-state index is 12.9. The number of nitrogens with one attached hydrogen (secondary N) is 1. The van der Waals surface area contributed by atoms with Crippen molar-refractivity contribution in [3.8, 4) is 0 Å². The number of amides is 2. The predicted octanol–water partition coefficient (Wildman–Crippen LogP) is 3.96. The van der Waals surface area contributed by atoms with E-state index in [-0.39, 0.29) is 17.2 Å². The van der Waals surface area contributed by atoms with Crippen LogP contribution in [0.15, 0.2) is 24.3 Å². The highest BCUT2D eigenvalue weighted by Gasteiger charge is 2.58. The van der Waals surface area contributed by atoms with Crippen LogP contribution < -0.4 is 5.32 Å². The fourth-order valence-corrected chi connectivity index (χ4v) is 3.48. The Morgan fingerprint density at radius 2 is 1.64 bits per heavy atom. The van der Waals surface area contributed by atoms with E-state index in [9.17, 15) is 9.59 Å². The van der Waals surface area contributed by atoms with Gasteiger partial charge in [0.15, 0.2) is 0 Å². The average molecular weight is 342 g/mol. The summed E-state index contributed by atoms with van der Waals surface area (Å²) in [7, 11) is 0. The Bertz CT molecular complexity index is 645. The van der Waals surface area contributed by atoms with E-state index < -0.39 is 5.41 Å². The lowest BCUT2D eigenvalue weighted by atomic mass is 9.87. The van der Waals surface area contributed by atoms with Gasteiger partial charge in [0.2, 0.25) is 11.8 Å². The Balaban J connectivity index is 1.65. The van der Waals surface area contributed by atoms with Gasteiger partial charge in [-0.2, -0.15) is 0 Å². The summed E-state index contributed by atoms with van der Waals surface area (Å²) >= 11 is 0. The zero-order valence-electron chi connectivity index (χ0n) is 15.9. The molecule has 0 unspecified atom stereocenters. The number of carbonyl (C=O) groups is 2. The minimum atomic E-state index is -0.816. The van der Waals surface area contributed by atoms with Crippen LogP contribution >= 0.6 is 0 Å². The van der Waals surface area contributed by atoms with Gasteiger partial charge in [-0.15, -0.1) is 0 Å². The van der Waals surface area contributed by atoms with Gasteiger partial charge in [0.1, 0.15) is 5.41 Å². The molecule has 1 aliphatic carbocycles. The van der Waals surface area contributed by atoms with Crippen LogP contribution in [0.4, 0.5) is 5.69 Å². The lowest BCUT2D eigenvalue weighted by Gasteiger charge is -2.32. The Kier molecular flexibility index (Phi) is 4.65. The van der Waals surface area contributed by atoms with Gasteiger partial charge < -0.3 is 10.2 Å². The summed E-state index contributed by atoms with van der Waals surface area (Å²) < 4.78 is 0. The van der Waals surface area contributed by atoms with Crippen LogP contribution in [0.5, 0.6) is 0 Å². The molecule has 1 aromatic rings. The first-order valence-corrected chi connectivity index (χ1v) is 9.44. The molecule has 0 spiro atoms. The van der Waals surface area contributed by atoms with Gasteiger partial charge in [-0.25, -0.2) is 0 Å². The summed E-state index contributed by atoms with van der Waals surface area (Å²) in [5.41, 5.74) is 1.26. The summed E-state index contributed by atoms with van der Waals surface area (Å²) in [6.45, 7) is 10.3. The fourth-order valence-electron chi connectivity index (χ4n) is 3.48. The third-order valence-corrected chi connectivity index (χ3v) is 5.67. The SMILES string of the molecule is CC1CCN(C(=O)C2(C(=O)Nc3ccc(C(C)(C)C)cc3)CC2)CC1. The molecule has 1 saturated heterocycles. The number of nitrogens with zero attached hydrogens (tertiary/aromatic N) is 1. The Labute approximate surface area is 151 Å². The molecular formula is C21H30N2O2. The van der Waals surface area contributed by atoms with Crippen LogP contribution in [-0.4, -0.2) is 29.8 Å². The lowest BCUT2D eigenvalue weighted by molar-refractivity contribution is -0.143. The molecule has 0 bridgehead atoms. The quantitative estimate of drug-likeness (QED) is 0.845. The summed E-state index contributed by atoms with van der Waals surface area (Å²) in [5.74, 6) is 0.567. The Morgan fingerprint density at radius 1 is 1.08 bits per heavy atom. The van der Waals surface area contributed by atoms with E-state index in [0.29, 0.717) is 18.8 Å². The van der Waals surface area contributed by atoms with E-state index >= 15 is 0 Å². The van der Waals surface area contributed by atoms with Crippen LogP contribution in [0.3, 0.4) is 0 Å². The summed E-state index contributed by atoms with van der Waals surface area (Å²) in [5, 5.41) is 2.97. The Hall–Kier alpha value is -1.84. The van der Waals surface area contributed by atoms with E-state index in [2.05, 4.69) is 33.0 Å². The van der Waals surface area contributed by atoms with Crippen LogP contribution in [0.1, 0.15) is 58.9 Å². The lowest BCUT2D eigenvalue weighted by Crippen LogP contribution is -2.46. The molecule has 0 atom stereocenters. The van der Waals surface area contributed by atoms with Crippen molar-refractivity contribution in [3.05, 3.63) is 29.8 Å². The summed E-state index contributed by atoms with van der Waals surface area (Å²) in [4.78, 5) is 27.5. The zero-order chi connectivity index (χ0) is 18.2. The molecule has 0 radical (unpaired) electrons. The fraction of sp³-hybridized carbons (Fsp3) is 0.619. The number of rotatable bonds is 3. The van der Waals surface area contributed by atoms with Gasteiger partial charge in [0.25, 0.3) is 0 Å². The van der Waals surface area contributed by atoms with Crippen molar-refractivity contribution in [2.45, 2.75) is 58.8 Å². The van der Waals surface area contributed by atoms with Crippen LogP contribution in [0, 0.1) is 11.3 Å². The van der Waals surface area contributed by atoms with Crippen molar-refractivity contribution in [3.63, 3.8) is 0 Å². The molecule has 1 aliphatic heterocycles. The molecule has 1 N–H and O–H groups in total. The Morgan fingerprint density at radius 3 is 2.12 bits per heavy atom. The highest BCUT2D eigenvalue weighted by atomic mass is 16.2.